The minimum Gasteiger partial charge on any atom is -0.325 e. The molecule has 21 heavy (non-hydrogen) atoms. The molecular formula is C18H34N2O. The zero-order chi connectivity index (χ0) is 15.6. The Morgan fingerprint density at radius 3 is 2.43 bits per heavy atom. The maximum atomic E-state index is 12.9. The SMILES string of the molecule is CCC(C)C1NC(C2CCCC2)N(CC(C)(C)CC)C1=O. The van der Waals surface area contributed by atoms with E-state index in [0.29, 0.717) is 17.7 Å². The quantitative estimate of drug-likeness (QED) is 0.808. The smallest absolute Gasteiger partial charge is 0.241 e. The lowest BCUT2D eigenvalue weighted by molar-refractivity contribution is -0.132. The van der Waals surface area contributed by atoms with Crippen molar-refractivity contribution in [3.8, 4) is 0 Å². The molecule has 3 unspecified atom stereocenters. The first kappa shape index (κ1) is 16.8. The van der Waals surface area contributed by atoms with Crippen molar-refractivity contribution in [2.45, 2.75) is 85.4 Å². The third-order valence-electron chi connectivity index (χ3n) is 5.85. The number of hydrogen-bond acceptors (Lipinski definition) is 2. The van der Waals surface area contributed by atoms with Crippen molar-refractivity contribution < 1.29 is 4.79 Å². The van der Waals surface area contributed by atoms with Gasteiger partial charge in [0.1, 0.15) is 0 Å². The molecule has 0 aromatic rings. The van der Waals surface area contributed by atoms with E-state index in [9.17, 15) is 4.79 Å². The molecule has 1 aliphatic carbocycles. The highest BCUT2D eigenvalue weighted by Gasteiger charge is 2.45. The Balaban J connectivity index is 2.16. The van der Waals surface area contributed by atoms with Crippen molar-refractivity contribution in [2.24, 2.45) is 17.3 Å². The summed E-state index contributed by atoms with van der Waals surface area (Å²) in [6.07, 6.45) is 7.67. The molecule has 3 heteroatoms. The van der Waals surface area contributed by atoms with E-state index < -0.39 is 0 Å². The van der Waals surface area contributed by atoms with Crippen molar-refractivity contribution >= 4 is 5.91 Å². The van der Waals surface area contributed by atoms with Crippen LogP contribution in [0.5, 0.6) is 0 Å². The Kier molecular flexibility index (Phi) is 5.34. The van der Waals surface area contributed by atoms with E-state index in [1.165, 1.54) is 25.7 Å². The molecule has 1 N–H and O–H groups in total. The number of hydrogen-bond donors (Lipinski definition) is 1. The molecule has 1 saturated carbocycles. The van der Waals surface area contributed by atoms with Crippen LogP contribution in [0.4, 0.5) is 0 Å². The van der Waals surface area contributed by atoms with Gasteiger partial charge in [-0.2, -0.15) is 0 Å². The average molecular weight is 294 g/mol. The van der Waals surface area contributed by atoms with Gasteiger partial charge < -0.3 is 4.90 Å². The number of nitrogens with one attached hydrogen (secondary N) is 1. The molecular weight excluding hydrogens is 260 g/mol. The molecule has 2 fully saturated rings. The van der Waals surface area contributed by atoms with Crippen LogP contribution >= 0.6 is 0 Å². The Morgan fingerprint density at radius 1 is 1.29 bits per heavy atom. The van der Waals surface area contributed by atoms with Gasteiger partial charge in [0.15, 0.2) is 0 Å². The Hall–Kier alpha value is -0.570. The maximum Gasteiger partial charge on any atom is 0.241 e. The van der Waals surface area contributed by atoms with Crippen LogP contribution in [-0.4, -0.2) is 29.6 Å². The summed E-state index contributed by atoms with van der Waals surface area (Å²) >= 11 is 0. The van der Waals surface area contributed by atoms with Crippen molar-refractivity contribution in [3.63, 3.8) is 0 Å². The number of rotatable bonds is 6. The van der Waals surface area contributed by atoms with Gasteiger partial charge in [-0.25, -0.2) is 0 Å². The van der Waals surface area contributed by atoms with Crippen LogP contribution in [0.25, 0.3) is 0 Å². The lowest BCUT2D eigenvalue weighted by atomic mass is 9.88. The molecule has 2 aliphatic rings. The van der Waals surface area contributed by atoms with E-state index in [4.69, 9.17) is 0 Å². The van der Waals surface area contributed by atoms with Gasteiger partial charge in [-0.3, -0.25) is 10.1 Å². The van der Waals surface area contributed by atoms with E-state index in [1.807, 2.05) is 0 Å². The molecule has 0 aromatic carbocycles. The third-order valence-corrected chi connectivity index (χ3v) is 5.85. The fourth-order valence-electron chi connectivity index (χ4n) is 3.72. The van der Waals surface area contributed by atoms with Crippen molar-refractivity contribution in [3.05, 3.63) is 0 Å². The summed E-state index contributed by atoms with van der Waals surface area (Å²) in [6, 6.07) is 0.0354. The first-order valence-electron chi connectivity index (χ1n) is 8.96. The van der Waals surface area contributed by atoms with E-state index in [-0.39, 0.29) is 17.6 Å². The number of carbonyl (C=O) groups excluding carboxylic acids is 1. The Bertz CT molecular complexity index is 360. The number of amides is 1. The lowest BCUT2D eigenvalue weighted by Crippen LogP contribution is -2.46. The molecule has 1 amide bonds. The Morgan fingerprint density at radius 2 is 1.90 bits per heavy atom. The molecule has 0 radical (unpaired) electrons. The van der Waals surface area contributed by atoms with Crippen LogP contribution in [0.3, 0.4) is 0 Å². The second-order valence-corrected chi connectivity index (χ2v) is 8.00. The zero-order valence-corrected chi connectivity index (χ0v) is 14.6. The minimum absolute atomic E-state index is 0.0354. The topological polar surface area (TPSA) is 32.3 Å². The standard InChI is InChI=1S/C18H34N2O/c1-6-13(3)15-17(21)20(12-18(4,5)7-2)16(19-15)14-10-8-9-11-14/h13-16,19H,6-12H2,1-5H3. The van der Waals surface area contributed by atoms with Gasteiger partial charge in [0, 0.05) is 6.54 Å². The molecule has 1 aliphatic heterocycles. The highest BCUT2D eigenvalue weighted by atomic mass is 16.2. The highest BCUT2D eigenvalue weighted by molar-refractivity contribution is 5.84. The number of carbonyl (C=O) groups is 1. The van der Waals surface area contributed by atoms with E-state index in [2.05, 4.69) is 44.8 Å². The summed E-state index contributed by atoms with van der Waals surface area (Å²) in [5, 5.41) is 3.71. The van der Waals surface area contributed by atoms with Gasteiger partial charge >= 0.3 is 0 Å². The van der Waals surface area contributed by atoms with Gasteiger partial charge in [0.2, 0.25) is 5.91 Å². The fraction of sp³-hybridized carbons (Fsp3) is 0.944. The van der Waals surface area contributed by atoms with E-state index >= 15 is 0 Å². The summed E-state index contributed by atoms with van der Waals surface area (Å²) in [4.78, 5) is 15.1. The van der Waals surface area contributed by atoms with Crippen LogP contribution in [0.2, 0.25) is 0 Å². The lowest BCUT2D eigenvalue weighted by Gasteiger charge is -2.35. The van der Waals surface area contributed by atoms with Gasteiger partial charge in [0.25, 0.3) is 0 Å². The molecule has 1 heterocycles. The van der Waals surface area contributed by atoms with Gasteiger partial charge in [0.05, 0.1) is 12.2 Å². The van der Waals surface area contributed by atoms with Crippen molar-refractivity contribution in [1.29, 1.82) is 0 Å². The molecule has 2 rings (SSSR count). The zero-order valence-electron chi connectivity index (χ0n) is 14.6. The maximum absolute atomic E-state index is 12.9. The van der Waals surface area contributed by atoms with Crippen LogP contribution < -0.4 is 5.32 Å². The van der Waals surface area contributed by atoms with E-state index in [0.717, 1.165) is 19.4 Å². The summed E-state index contributed by atoms with van der Waals surface area (Å²) < 4.78 is 0. The monoisotopic (exact) mass is 294 g/mol. The second-order valence-electron chi connectivity index (χ2n) is 8.00. The van der Waals surface area contributed by atoms with E-state index in [1.54, 1.807) is 0 Å². The number of nitrogens with zero attached hydrogens (tertiary/aromatic N) is 1. The van der Waals surface area contributed by atoms with Gasteiger partial charge in [-0.1, -0.05) is 53.9 Å². The molecule has 3 nitrogen and oxygen atoms in total. The summed E-state index contributed by atoms with van der Waals surface area (Å²) in [5.41, 5.74) is 0.207. The third kappa shape index (κ3) is 3.61. The molecule has 3 atom stereocenters. The Labute approximate surface area is 130 Å². The second kappa shape index (κ2) is 6.68. The first-order chi connectivity index (χ1) is 9.89. The first-order valence-corrected chi connectivity index (χ1v) is 8.96. The van der Waals surface area contributed by atoms with Crippen LogP contribution in [0.15, 0.2) is 0 Å². The largest absolute Gasteiger partial charge is 0.325 e. The molecule has 0 bridgehead atoms. The molecule has 0 aromatic heterocycles. The molecule has 1 saturated heterocycles. The molecule has 0 spiro atoms. The molecule has 122 valence electrons. The van der Waals surface area contributed by atoms with Crippen LogP contribution in [0, 0.1) is 17.3 Å². The minimum atomic E-state index is 0.0354. The highest BCUT2D eigenvalue weighted by Crippen LogP contribution is 2.35. The van der Waals surface area contributed by atoms with Gasteiger partial charge in [-0.15, -0.1) is 0 Å². The van der Waals surface area contributed by atoms with Gasteiger partial charge in [-0.05, 0) is 36.5 Å². The summed E-state index contributed by atoms with van der Waals surface area (Å²) in [7, 11) is 0. The van der Waals surface area contributed by atoms with Crippen molar-refractivity contribution in [1.82, 2.24) is 10.2 Å². The predicted octanol–water partition coefficient (Wildman–Crippen LogP) is 3.79. The summed E-state index contributed by atoms with van der Waals surface area (Å²) in [5.74, 6) is 1.44. The van der Waals surface area contributed by atoms with Crippen molar-refractivity contribution in [2.75, 3.05) is 6.54 Å². The summed E-state index contributed by atoms with van der Waals surface area (Å²) in [6.45, 7) is 12.1. The van der Waals surface area contributed by atoms with Crippen LogP contribution in [-0.2, 0) is 4.79 Å². The average Bonchev–Trinajstić information content (AvgIpc) is 3.08. The predicted molar refractivity (Wildman–Crippen MR) is 87.9 cm³/mol. The van der Waals surface area contributed by atoms with Crippen LogP contribution in [0.1, 0.15) is 73.1 Å². The fourth-order valence-corrected chi connectivity index (χ4v) is 3.72. The normalized spacial score (nSPS) is 29.4.